The highest BCUT2D eigenvalue weighted by atomic mass is 15.0. The van der Waals surface area contributed by atoms with Crippen LogP contribution in [0.5, 0.6) is 0 Å². The molecule has 0 amide bonds. The quantitative estimate of drug-likeness (QED) is 0.104. The lowest BCUT2D eigenvalue weighted by atomic mass is 9.87. The van der Waals surface area contributed by atoms with Gasteiger partial charge in [0.15, 0.2) is 0 Å². The number of nitrogens with zero attached hydrogens (tertiary/aromatic N) is 1. The van der Waals surface area contributed by atoms with E-state index in [4.69, 9.17) is 0 Å². The van der Waals surface area contributed by atoms with Crippen molar-refractivity contribution in [3.8, 4) is 33.4 Å². The molecule has 2 aliphatic carbocycles. The maximum Gasteiger partial charge on any atom is 0.0538 e. The summed E-state index contributed by atoms with van der Waals surface area (Å²) in [5, 5.41) is 6.20. The van der Waals surface area contributed by atoms with Gasteiger partial charge in [-0.15, -0.1) is 0 Å². The van der Waals surface area contributed by atoms with Gasteiger partial charge in [-0.25, -0.2) is 0 Å². The Morgan fingerprint density at radius 1 is 0.679 bits per heavy atom. The molecule has 1 atom stereocenters. The molecule has 2 aliphatic rings. The summed E-state index contributed by atoms with van der Waals surface area (Å²) in [6.07, 6.45) is 22.0. The maximum absolute atomic E-state index is 4.38. The Hall–Kier alpha value is -6.64. The van der Waals surface area contributed by atoms with Crippen LogP contribution in [-0.2, 0) is 0 Å². The van der Waals surface area contributed by atoms with E-state index in [9.17, 15) is 0 Å². The van der Waals surface area contributed by atoms with E-state index in [1.165, 1.54) is 72.0 Å². The van der Waals surface area contributed by atoms with Crippen LogP contribution in [0, 0.1) is 0 Å². The van der Waals surface area contributed by atoms with Crippen LogP contribution in [0.1, 0.15) is 37.2 Å². The molecule has 9 rings (SSSR count). The van der Waals surface area contributed by atoms with E-state index in [1.807, 2.05) is 0 Å². The van der Waals surface area contributed by atoms with E-state index in [-0.39, 0.29) is 0 Å². The lowest BCUT2D eigenvalue weighted by molar-refractivity contribution is 0.847. The van der Waals surface area contributed by atoms with Crippen LogP contribution in [-0.4, -0.2) is 11.1 Å². The summed E-state index contributed by atoms with van der Waals surface area (Å²) in [5.41, 5.74) is 16.1. The number of nitrogens with one attached hydrogen (secondary N) is 1. The van der Waals surface area contributed by atoms with Gasteiger partial charge in [-0.3, -0.25) is 0 Å². The van der Waals surface area contributed by atoms with E-state index in [0.717, 1.165) is 43.5 Å². The molecule has 1 N–H and O–H groups in total. The number of aromatic nitrogens is 1. The molecule has 0 spiro atoms. The second kappa shape index (κ2) is 16.0. The van der Waals surface area contributed by atoms with Crippen molar-refractivity contribution in [2.45, 2.75) is 31.6 Å². The van der Waals surface area contributed by atoms with Crippen molar-refractivity contribution in [1.82, 2.24) is 4.57 Å². The molecule has 2 nitrogen and oxygen atoms in total. The molecule has 1 unspecified atom stereocenters. The van der Waals surface area contributed by atoms with Gasteiger partial charge < -0.3 is 9.88 Å². The molecule has 0 saturated carbocycles. The topological polar surface area (TPSA) is 17.0 Å². The number of fused-ring (bicyclic) bond motifs is 3. The summed E-state index contributed by atoms with van der Waals surface area (Å²) < 4.78 is 2.45. The fourth-order valence-electron chi connectivity index (χ4n) is 8.18. The summed E-state index contributed by atoms with van der Waals surface area (Å²) in [5.74, 6) is 0.362. The van der Waals surface area contributed by atoms with Gasteiger partial charge in [0.2, 0.25) is 0 Å². The normalized spacial score (nSPS) is 15.3. The Balaban J connectivity index is 0.778. The largest absolute Gasteiger partial charge is 0.385 e. The standard InChI is InChI=1S/C54H46N2/c1-39(40-22-24-43(25-23-40)46-16-12-17-47(37-46)44-28-26-42(27-29-44)41-14-4-2-5-15-41)13-10-11-36-55-49-33-30-45(31-34-49)48-32-35-54-52(38-48)51-20-8-9-21-53(51)56(54)50-18-6-3-7-19-50/h2-6,8-10,12-18,20-24,26-35,37-38,43,55H,1,7,11,19,25,36H2/b13-10-. The minimum atomic E-state index is 0.362. The van der Waals surface area contributed by atoms with E-state index >= 15 is 0 Å². The third-order valence-corrected chi connectivity index (χ3v) is 11.2. The van der Waals surface area contributed by atoms with E-state index in [1.54, 1.807) is 0 Å². The van der Waals surface area contributed by atoms with Crippen LogP contribution in [0.15, 0.2) is 212 Å². The molecule has 0 aliphatic heterocycles. The highest BCUT2D eigenvalue weighted by Gasteiger charge is 2.16. The molecule has 0 radical (unpaired) electrons. The number of hydrogen-bond donors (Lipinski definition) is 1. The molecule has 1 aromatic heterocycles. The average molecular weight is 723 g/mol. The third-order valence-electron chi connectivity index (χ3n) is 11.2. The van der Waals surface area contributed by atoms with Crippen LogP contribution in [0.4, 0.5) is 5.69 Å². The summed E-state index contributed by atoms with van der Waals surface area (Å²) in [6.45, 7) is 5.24. The zero-order valence-electron chi connectivity index (χ0n) is 31.7. The first-order valence-electron chi connectivity index (χ1n) is 19.9. The number of benzene rings is 6. The Morgan fingerprint density at radius 2 is 1.36 bits per heavy atom. The average Bonchev–Trinajstić information content (AvgIpc) is 3.61. The van der Waals surface area contributed by atoms with E-state index < -0.39 is 0 Å². The van der Waals surface area contributed by atoms with Gasteiger partial charge in [0.05, 0.1) is 11.0 Å². The predicted molar refractivity (Wildman–Crippen MR) is 241 cm³/mol. The van der Waals surface area contributed by atoms with Crippen molar-refractivity contribution < 1.29 is 0 Å². The Kier molecular flexibility index (Phi) is 10.0. The molecule has 2 heteroatoms. The molecule has 272 valence electrons. The summed E-state index contributed by atoms with van der Waals surface area (Å²) in [7, 11) is 0. The van der Waals surface area contributed by atoms with Gasteiger partial charge in [-0.1, -0.05) is 164 Å². The lowest BCUT2D eigenvalue weighted by Crippen LogP contribution is -2.00. The van der Waals surface area contributed by atoms with Crippen LogP contribution < -0.4 is 5.32 Å². The van der Waals surface area contributed by atoms with Gasteiger partial charge in [-0.05, 0) is 112 Å². The Bertz CT molecular complexity index is 2680. The van der Waals surface area contributed by atoms with Crippen LogP contribution in [0.25, 0.3) is 60.9 Å². The minimum Gasteiger partial charge on any atom is -0.385 e. The number of hydrogen-bond acceptors (Lipinski definition) is 1. The Labute approximate surface area is 330 Å². The first kappa shape index (κ1) is 35.1. The van der Waals surface area contributed by atoms with Crippen molar-refractivity contribution in [3.63, 3.8) is 0 Å². The van der Waals surface area contributed by atoms with Crippen molar-refractivity contribution in [1.29, 1.82) is 0 Å². The fraction of sp³-hybridized carbons (Fsp3) is 0.111. The highest BCUT2D eigenvalue weighted by molar-refractivity contribution is 6.11. The van der Waals surface area contributed by atoms with E-state index in [0.29, 0.717) is 5.92 Å². The number of anilines is 1. The van der Waals surface area contributed by atoms with Gasteiger partial charge in [-0.2, -0.15) is 0 Å². The zero-order valence-corrected chi connectivity index (χ0v) is 31.7. The molecule has 0 fully saturated rings. The summed E-state index contributed by atoms with van der Waals surface area (Å²) >= 11 is 0. The highest BCUT2D eigenvalue weighted by Crippen LogP contribution is 2.37. The molecule has 0 bridgehead atoms. The molecule has 6 aromatic carbocycles. The van der Waals surface area contributed by atoms with Crippen molar-refractivity contribution in [2.75, 3.05) is 11.9 Å². The monoisotopic (exact) mass is 722 g/mol. The predicted octanol–water partition coefficient (Wildman–Crippen LogP) is 14.6. The van der Waals surface area contributed by atoms with Crippen LogP contribution in [0.2, 0.25) is 0 Å². The second-order valence-corrected chi connectivity index (χ2v) is 14.9. The molecular formula is C54H46N2. The molecule has 0 saturated heterocycles. The van der Waals surface area contributed by atoms with Crippen LogP contribution >= 0.6 is 0 Å². The summed E-state index contributed by atoms with van der Waals surface area (Å²) in [6, 6.07) is 53.0. The summed E-state index contributed by atoms with van der Waals surface area (Å²) in [4.78, 5) is 0. The SMILES string of the molecule is C=C(/C=C\CCNc1ccc(-c2ccc3c(c2)c2ccccc2n3C2=CC=CCC2)cc1)C1=CCC(c2cccc(-c3ccc(-c4ccccc4)cc3)c2)C=C1. The minimum absolute atomic E-state index is 0.362. The van der Waals surface area contributed by atoms with Crippen molar-refractivity contribution in [2.24, 2.45) is 0 Å². The molecule has 1 heterocycles. The lowest BCUT2D eigenvalue weighted by Gasteiger charge is -2.18. The number of para-hydroxylation sites is 1. The van der Waals surface area contributed by atoms with Crippen molar-refractivity contribution >= 4 is 33.2 Å². The maximum atomic E-state index is 4.38. The Morgan fingerprint density at radius 3 is 2.12 bits per heavy atom. The third kappa shape index (κ3) is 7.39. The van der Waals surface area contributed by atoms with Crippen molar-refractivity contribution in [3.05, 3.63) is 217 Å². The van der Waals surface area contributed by atoms with Crippen LogP contribution in [0.3, 0.4) is 0 Å². The smallest absolute Gasteiger partial charge is 0.0538 e. The van der Waals surface area contributed by atoms with E-state index in [2.05, 4.69) is 211 Å². The van der Waals surface area contributed by atoms with Gasteiger partial charge in [0.25, 0.3) is 0 Å². The fourth-order valence-corrected chi connectivity index (χ4v) is 8.18. The second-order valence-electron chi connectivity index (χ2n) is 14.9. The number of allylic oxidation sites excluding steroid dienone is 10. The first-order valence-corrected chi connectivity index (χ1v) is 19.9. The number of rotatable bonds is 11. The molecule has 7 aromatic rings. The van der Waals surface area contributed by atoms with Gasteiger partial charge in [0, 0.05) is 34.6 Å². The molecular weight excluding hydrogens is 677 g/mol. The first-order chi connectivity index (χ1) is 27.7. The zero-order chi connectivity index (χ0) is 37.7. The van der Waals surface area contributed by atoms with Gasteiger partial charge >= 0.3 is 0 Å². The van der Waals surface area contributed by atoms with Gasteiger partial charge in [0.1, 0.15) is 0 Å². The molecule has 56 heavy (non-hydrogen) atoms.